The van der Waals surface area contributed by atoms with Gasteiger partial charge >= 0.3 is 0 Å². The van der Waals surface area contributed by atoms with Crippen LogP contribution in [0.4, 0.5) is 5.69 Å². The quantitative estimate of drug-likeness (QED) is 0.894. The fraction of sp³-hybridized carbons (Fsp3) is 0.500. The highest BCUT2D eigenvalue weighted by molar-refractivity contribution is 5.87. The molecule has 1 aliphatic heterocycles. The Hall–Kier alpha value is -2.02. The molecule has 1 aromatic carbocycles. The van der Waals surface area contributed by atoms with Crippen molar-refractivity contribution in [1.82, 2.24) is 0 Å². The highest BCUT2D eigenvalue weighted by Gasteiger charge is 2.31. The predicted molar refractivity (Wildman–Crippen MR) is 79.2 cm³/mol. The van der Waals surface area contributed by atoms with Crippen LogP contribution >= 0.6 is 0 Å². The molecule has 0 radical (unpaired) electrons. The number of benzene rings is 1. The van der Waals surface area contributed by atoms with Gasteiger partial charge in [-0.2, -0.15) is 5.26 Å². The highest BCUT2D eigenvalue weighted by Crippen LogP contribution is 2.36. The first kappa shape index (κ1) is 14.4. The molecule has 0 unspecified atom stereocenters. The van der Waals surface area contributed by atoms with Crippen molar-refractivity contribution in [2.75, 3.05) is 18.0 Å². The topological polar surface area (TPSA) is 70.1 Å². The summed E-state index contributed by atoms with van der Waals surface area (Å²) in [6, 6.07) is 10.3. The van der Waals surface area contributed by atoms with Gasteiger partial charge in [0.1, 0.15) is 0 Å². The fourth-order valence-corrected chi connectivity index (χ4v) is 2.71. The summed E-state index contributed by atoms with van der Waals surface area (Å²) >= 11 is 0. The monoisotopic (exact) mass is 271 g/mol. The van der Waals surface area contributed by atoms with Gasteiger partial charge in [-0.1, -0.05) is 18.2 Å². The van der Waals surface area contributed by atoms with Gasteiger partial charge in [0.15, 0.2) is 0 Å². The van der Waals surface area contributed by atoms with E-state index in [0.29, 0.717) is 6.54 Å². The summed E-state index contributed by atoms with van der Waals surface area (Å²) in [5.41, 5.74) is 7.33. The molecule has 4 nitrogen and oxygen atoms in total. The van der Waals surface area contributed by atoms with E-state index in [2.05, 4.69) is 11.0 Å². The summed E-state index contributed by atoms with van der Waals surface area (Å²) in [6.45, 7) is 5.42. The Kier molecular flexibility index (Phi) is 3.99. The second-order valence-electron chi connectivity index (χ2n) is 6.06. The standard InChI is InChI=1S/C16H21N3O/c1-16(2,11-17)8-5-9-19-10-13(15(18)20)12-6-3-4-7-14(12)19/h3-4,6-7,13H,5,8-10H2,1-2H3,(H2,18,20)/t13-/m1/s1. The molecule has 0 saturated carbocycles. The number of carbonyl (C=O) groups is 1. The van der Waals surface area contributed by atoms with Crippen molar-refractivity contribution in [1.29, 1.82) is 5.26 Å². The molecule has 4 heteroatoms. The van der Waals surface area contributed by atoms with Gasteiger partial charge in [-0.15, -0.1) is 0 Å². The molecule has 0 bridgehead atoms. The number of nitriles is 1. The number of hydrogen-bond donors (Lipinski definition) is 1. The molecular formula is C16H21N3O. The second-order valence-corrected chi connectivity index (χ2v) is 6.06. The molecule has 0 saturated heterocycles. The van der Waals surface area contributed by atoms with Crippen molar-refractivity contribution >= 4 is 11.6 Å². The molecular weight excluding hydrogens is 250 g/mol. The van der Waals surface area contributed by atoms with Gasteiger partial charge in [-0.3, -0.25) is 4.79 Å². The van der Waals surface area contributed by atoms with E-state index in [1.54, 1.807) is 0 Å². The minimum Gasteiger partial charge on any atom is -0.370 e. The molecule has 106 valence electrons. The van der Waals surface area contributed by atoms with Crippen molar-refractivity contribution in [3.8, 4) is 6.07 Å². The maximum atomic E-state index is 11.5. The summed E-state index contributed by atoms with van der Waals surface area (Å²) in [6.07, 6.45) is 1.78. The van der Waals surface area contributed by atoms with Gasteiger partial charge in [0, 0.05) is 18.8 Å². The summed E-state index contributed by atoms with van der Waals surface area (Å²) in [4.78, 5) is 13.7. The maximum Gasteiger partial charge on any atom is 0.226 e. The molecule has 20 heavy (non-hydrogen) atoms. The lowest BCUT2D eigenvalue weighted by Crippen LogP contribution is -2.29. The van der Waals surface area contributed by atoms with Crippen molar-refractivity contribution in [3.63, 3.8) is 0 Å². The molecule has 0 aromatic heterocycles. The lowest BCUT2D eigenvalue weighted by atomic mass is 9.90. The second kappa shape index (κ2) is 5.54. The average molecular weight is 271 g/mol. The molecule has 1 atom stereocenters. The van der Waals surface area contributed by atoms with Crippen LogP contribution in [0.3, 0.4) is 0 Å². The SMILES string of the molecule is CC(C)(C#N)CCCN1C[C@@H](C(N)=O)c2ccccc21. The normalized spacial score (nSPS) is 17.6. The van der Waals surface area contributed by atoms with E-state index >= 15 is 0 Å². The lowest BCUT2D eigenvalue weighted by molar-refractivity contribution is -0.119. The Labute approximate surface area is 120 Å². The first-order valence-electron chi connectivity index (χ1n) is 6.99. The maximum absolute atomic E-state index is 11.5. The van der Waals surface area contributed by atoms with Gasteiger partial charge in [0.2, 0.25) is 5.91 Å². The first-order valence-corrected chi connectivity index (χ1v) is 6.99. The fourth-order valence-electron chi connectivity index (χ4n) is 2.71. The zero-order valence-corrected chi connectivity index (χ0v) is 12.1. The first-order chi connectivity index (χ1) is 9.44. The number of fused-ring (bicyclic) bond motifs is 1. The number of nitrogens with zero attached hydrogens (tertiary/aromatic N) is 2. The van der Waals surface area contributed by atoms with Crippen LogP contribution in [0.25, 0.3) is 0 Å². The highest BCUT2D eigenvalue weighted by atomic mass is 16.1. The van der Waals surface area contributed by atoms with Gasteiger partial charge in [0.05, 0.1) is 17.4 Å². The van der Waals surface area contributed by atoms with E-state index in [0.717, 1.165) is 30.6 Å². The Morgan fingerprint density at radius 3 is 2.85 bits per heavy atom. The van der Waals surface area contributed by atoms with Crippen molar-refractivity contribution < 1.29 is 4.79 Å². The van der Waals surface area contributed by atoms with E-state index in [1.807, 2.05) is 38.1 Å². The van der Waals surface area contributed by atoms with Crippen LogP contribution in [0.1, 0.15) is 38.2 Å². The van der Waals surface area contributed by atoms with Gasteiger partial charge in [0.25, 0.3) is 0 Å². The Morgan fingerprint density at radius 1 is 1.50 bits per heavy atom. The van der Waals surface area contributed by atoms with Gasteiger partial charge < -0.3 is 10.6 Å². The predicted octanol–water partition coefficient (Wildman–Crippen LogP) is 2.41. The van der Waals surface area contributed by atoms with E-state index < -0.39 is 0 Å². The zero-order valence-electron chi connectivity index (χ0n) is 12.1. The number of primary amides is 1. The number of hydrogen-bond acceptors (Lipinski definition) is 3. The molecule has 0 spiro atoms. The number of carbonyl (C=O) groups excluding carboxylic acids is 1. The Balaban J connectivity index is 2.05. The van der Waals surface area contributed by atoms with Crippen molar-refractivity contribution in [2.45, 2.75) is 32.6 Å². The summed E-state index contributed by atoms with van der Waals surface area (Å²) in [5.74, 6) is -0.479. The third-order valence-electron chi connectivity index (χ3n) is 3.93. The van der Waals surface area contributed by atoms with Crippen LogP contribution in [0.2, 0.25) is 0 Å². The van der Waals surface area contributed by atoms with Gasteiger partial charge in [-0.05, 0) is 38.3 Å². The molecule has 0 aliphatic carbocycles. The van der Waals surface area contributed by atoms with E-state index in [9.17, 15) is 4.79 Å². The number of anilines is 1. The third-order valence-corrected chi connectivity index (χ3v) is 3.93. The summed E-state index contributed by atoms with van der Waals surface area (Å²) in [7, 11) is 0. The van der Waals surface area contributed by atoms with E-state index in [-0.39, 0.29) is 17.2 Å². The Morgan fingerprint density at radius 2 is 2.20 bits per heavy atom. The van der Waals surface area contributed by atoms with Crippen molar-refractivity contribution in [2.24, 2.45) is 11.1 Å². The van der Waals surface area contributed by atoms with Crippen LogP contribution in [0, 0.1) is 16.7 Å². The Bertz CT molecular complexity index is 545. The third kappa shape index (κ3) is 2.93. The molecule has 2 rings (SSSR count). The van der Waals surface area contributed by atoms with Crippen LogP contribution in [-0.2, 0) is 4.79 Å². The minimum atomic E-state index is -0.289. The molecule has 2 N–H and O–H groups in total. The summed E-state index contributed by atoms with van der Waals surface area (Å²) < 4.78 is 0. The van der Waals surface area contributed by atoms with Crippen LogP contribution in [0.5, 0.6) is 0 Å². The van der Waals surface area contributed by atoms with Crippen LogP contribution in [0.15, 0.2) is 24.3 Å². The zero-order chi connectivity index (χ0) is 14.8. The average Bonchev–Trinajstić information content (AvgIpc) is 2.78. The largest absolute Gasteiger partial charge is 0.370 e. The van der Waals surface area contributed by atoms with E-state index in [4.69, 9.17) is 11.0 Å². The molecule has 1 heterocycles. The number of nitrogens with two attached hydrogens (primary N) is 1. The molecule has 0 fully saturated rings. The molecule has 1 aromatic rings. The van der Waals surface area contributed by atoms with Crippen molar-refractivity contribution in [3.05, 3.63) is 29.8 Å². The lowest BCUT2D eigenvalue weighted by Gasteiger charge is -2.22. The number of rotatable bonds is 5. The van der Waals surface area contributed by atoms with Crippen LogP contribution in [-0.4, -0.2) is 19.0 Å². The smallest absolute Gasteiger partial charge is 0.226 e. The van der Waals surface area contributed by atoms with Gasteiger partial charge in [-0.25, -0.2) is 0 Å². The van der Waals surface area contributed by atoms with Crippen LogP contribution < -0.4 is 10.6 Å². The number of amides is 1. The summed E-state index contributed by atoms with van der Waals surface area (Å²) in [5, 5.41) is 9.03. The number of para-hydroxylation sites is 1. The minimum absolute atomic E-state index is 0.213. The molecule has 1 amide bonds. The molecule has 1 aliphatic rings. The van der Waals surface area contributed by atoms with E-state index in [1.165, 1.54) is 0 Å².